The van der Waals surface area contributed by atoms with E-state index in [0.717, 1.165) is 78.0 Å². The van der Waals surface area contributed by atoms with Gasteiger partial charge in [0.05, 0.1) is 0 Å². The molecule has 0 atom stereocenters. The Morgan fingerprint density at radius 2 is 0.517 bits per heavy atom. The molecule has 0 unspecified atom stereocenters. The number of anilines is 6. The van der Waals surface area contributed by atoms with Gasteiger partial charge in [-0.2, -0.15) is 0 Å². The zero-order valence-corrected chi connectivity index (χ0v) is 31.5. The number of hydrogen-bond acceptors (Lipinski definition) is 4. The van der Waals surface area contributed by atoms with Crippen LogP contribution < -0.4 is 9.80 Å². The molecule has 0 radical (unpaired) electrons. The molecule has 0 N–H and O–H groups in total. The molecule has 58 heavy (non-hydrogen) atoms. The molecule has 0 spiro atoms. The van der Waals surface area contributed by atoms with Crippen LogP contribution >= 0.6 is 0 Å². The van der Waals surface area contributed by atoms with Crippen molar-refractivity contribution in [2.24, 2.45) is 0 Å². The molecule has 0 amide bonds. The third-order valence-corrected chi connectivity index (χ3v) is 11.1. The summed E-state index contributed by atoms with van der Waals surface area (Å²) in [6.45, 7) is 0. The lowest BCUT2D eigenvalue weighted by Gasteiger charge is -2.28. The van der Waals surface area contributed by atoms with E-state index < -0.39 is 0 Å². The van der Waals surface area contributed by atoms with E-state index in [1.165, 1.54) is 22.3 Å². The van der Waals surface area contributed by atoms with Crippen LogP contribution in [0, 0.1) is 0 Å². The molecule has 274 valence electrons. The molecule has 11 aromatic rings. The zero-order chi connectivity index (χ0) is 38.4. The third-order valence-electron chi connectivity index (χ3n) is 11.1. The second kappa shape index (κ2) is 14.0. The van der Waals surface area contributed by atoms with Gasteiger partial charge in [-0.1, -0.05) is 121 Å². The fraction of sp³-hybridized carbons (Fsp3) is 0. The maximum Gasteiger partial charge on any atom is 0.135 e. The van der Waals surface area contributed by atoms with Gasteiger partial charge in [-0.25, -0.2) is 0 Å². The van der Waals surface area contributed by atoms with Crippen LogP contribution in [0.5, 0.6) is 0 Å². The molecule has 11 rings (SSSR count). The smallest absolute Gasteiger partial charge is 0.135 e. The SMILES string of the molecule is c1ccc(-c2ccc(N(c3ccc(N(c4ccc(-c5ccccc5)cc4)c4ccc5oc6ccccc6c5c4)cc3)c3ccc4oc5ccccc5c4c3)cc2)cc1. The predicted octanol–water partition coefficient (Wildman–Crippen LogP) is 15.8. The molecule has 0 aliphatic rings. The largest absolute Gasteiger partial charge is 0.456 e. The fourth-order valence-electron chi connectivity index (χ4n) is 8.22. The highest BCUT2D eigenvalue weighted by molar-refractivity contribution is 6.07. The Labute approximate surface area is 336 Å². The summed E-state index contributed by atoms with van der Waals surface area (Å²) in [6, 6.07) is 77.0. The molecule has 4 heteroatoms. The van der Waals surface area contributed by atoms with E-state index in [-0.39, 0.29) is 0 Å². The van der Waals surface area contributed by atoms with Crippen molar-refractivity contribution in [2.75, 3.05) is 9.80 Å². The normalized spacial score (nSPS) is 11.4. The number of benzene rings is 9. The summed E-state index contributed by atoms with van der Waals surface area (Å²) < 4.78 is 12.5. The van der Waals surface area contributed by atoms with Crippen LogP contribution in [0.15, 0.2) is 227 Å². The van der Waals surface area contributed by atoms with Gasteiger partial charge >= 0.3 is 0 Å². The minimum absolute atomic E-state index is 0.871. The van der Waals surface area contributed by atoms with Gasteiger partial charge in [0.2, 0.25) is 0 Å². The first-order valence-electron chi connectivity index (χ1n) is 19.6. The van der Waals surface area contributed by atoms with E-state index in [2.05, 4.69) is 204 Å². The lowest BCUT2D eigenvalue weighted by Crippen LogP contribution is -2.12. The van der Waals surface area contributed by atoms with E-state index in [1.807, 2.05) is 24.3 Å². The maximum absolute atomic E-state index is 6.24. The van der Waals surface area contributed by atoms with E-state index in [0.29, 0.717) is 0 Å². The van der Waals surface area contributed by atoms with Gasteiger partial charge in [-0.05, 0) is 119 Å². The molecule has 0 aliphatic heterocycles. The molecular formula is C54H36N2O2. The molecule has 0 aliphatic carbocycles. The number of hydrogen-bond donors (Lipinski definition) is 0. The van der Waals surface area contributed by atoms with Gasteiger partial charge in [-0.3, -0.25) is 0 Å². The van der Waals surface area contributed by atoms with Gasteiger partial charge in [0.25, 0.3) is 0 Å². The molecule has 9 aromatic carbocycles. The lowest BCUT2D eigenvalue weighted by atomic mass is 10.0. The molecular weight excluding hydrogens is 709 g/mol. The molecule has 0 saturated heterocycles. The highest BCUT2D eigenvalue weighted by Crippen LogP contribution is 2.43. The average molecular weight is 745 g/mol. The Morgan fingerprint density at radius 1 is 0.224 bits per heavy atom. The summed E-state index contributed by atoms with van der Waals surface area (Å²) in [5, 5.41) is 4.38. The van der Waals surface area contributed by atoms with Crippen LogP contribution in [0.1, 0.15) is 0 Å². The standard InChI is InChI=1S/C54H36N2O2/c1-3-11-37(12-4-1)39-19-23-41(24-20-39)55(45-31-33-53-49(35-45)47-15-7-9-17-51(47)57-53)43-27-29-44(30-28-43)56(42-25-21-40(22-26-42)38-13-5-2-6-14-38)46-32-34-54-50(36-46)48-16-8-10-18-52(48)58-54/h1-36H. The maximum atomic E-state index is 6.24. The Morgan fingerprint density at radius 3 is 0.914 bits per heavy atom. The average Bonchev–Trinajstić information content (AvgIpc) is 3.86. The molecule has 4 nitrogen and oxygen atoms in total. The van der Waals surface area contributed by atoms with Gasteiger partial charge in [0.15, 0.2) is 0 Å². The Kier molecular flexibility index (Phi) is 8.11. The zero-order valence-electron chi connectivity index (χ0n) is 31.5. The van der Waals surface area contributed by atoms with Crippen LogP contribution in [0.25, 0.3) is 66.1 Å². The van der Waals surface area contributed by atoms with Crippen LogP contribution in [0.2, 0.25) is 0 Å². The van der Waals surface area contributed by atoms with Gasteiger partial charge < -0.3 is 18.6 Å². The second-order valence-corrected chi connectivity index (χ2v) is 14.6. The number of rotatable bonds is 8. The fourth-order valence-corrected chi connectivity index (χ4v) is 8.22. The summed E-state index contributed by atoms with van der Waals surface area (Å²) in [5.74, 6) is 0. The van der Waals surface area contributed by atoms with Crippen LogP contribution in [0.3, 0.4) is 0 Å². The van der Waals surface area contributed by atoms with E-state index in [9.17, 15) is 0 Å². The van der Waals surface area contributed by atoms with Crippen molar-refractivity contribution in [1.29, 1.82) is 0 Å². The first kappa shape index (κ1) is 33.5. The van der Waals surface area contributed by atoms with E-state index in [1.54, 1.807) is 0 Å². The van der Waals surface area contributed by atoms with Gasteiger partial charge in [0, 0.05) is 55.7 Å². The topological polar surface area (TPSA) is 32.8 Å². The first-order chi connectivity index (χ1) is 28.7. The van der Waals surface area contributed by atoms with Crippen molar-refractivity contribution in [3.8, 4) is 22.3 Å². The van der Waals surface area contributed by atoms with Crippen molar-refractivity contribution >= 4 is 78.0 Å². The summed E-state index contributed by atoms with van der Waals surface area (Å²) in [4.78, 5) is 4.64. The minimum Gasteiger partial charge on any atom is -0.456 e. The summed E-state index contributed by atoms with van der Waals surface area (Å²) in [7, 11) is 0. The highest BCUT2D eigenvalue weighted by Gasteiger charge is 2.19. The summed E-state index contributed by atoms with van der Waals surface area (Å²) in [5.41, 5.74) is 14.5. The summed E-state index contributed by atoms with van der Waals surface area (Å²) in [6.07, 6.45) is 0. The molecule has 0 saturated carbocycles. The van der Waals surface area contributed by atoms with E-state index >= 15 is 0 Å². The van der Waals surface area contributed by atoms with Gasteiger partial charge in [-0.15, -0.1) is 0 Å². The quantitative estimate of drug-likeness (QED) is 0.155. The molecule has 2 heterocycles. The number of nitrogens with zero attached hydrogens (tertiary/aromatic N) is 2. The summed E-state index contributed by atoms with van der Waals surface area (Å²) >= 11 is 0. The third kappa shape index (κ3) is 5.96. The molecule has 2 aromatic heterocycles. The van der Waals surface area contributed by atoms with Crippen molar-refractivity contribution < 1.29 is 8.83 Å². The minimum atomic E-state index is 0.871. The lowest BCUT2D eigenvalue weighted by molar-refractivity contribution is 0.668. The molecule has 0 fully saturated rings. The molecule has 0 bridgehead atoms. The predicted molar refractivity (Wildman–Crippen MR) is 241 cm³/mol. The number of furan rings is 2. The van der Waals surface area contributed by atoms with Crippen LogP contribution in [0.4, 0.5) is 34.1 Å². The monoisotopic (exact) mass is 744 g/mol. The Bertz CT molecular complexity index is 2980. The first-order valence-corrected chi connectivity index (χ1v) is 19.6. The van der Waals surface area contributed by atoms with Gasteiger partial charge in [0.1, 0.15) is 22.3 Å². The van der Waals surface area contributed by atoms with Crippen molar-refractivity contribution in [3.63, 3.8) is 0 Å². The van der Waals surface area contributed by atoms with Crippen molar-refractivity contribution in [3.05, 3.63) is 218 Å². The van der Waals surface area contributed by atoms with Crippen LogP contribution in [-0.4, -0.2) is 0 Å². The number of para-hydroxylation sites is 2. The highest BCUT2D eigenvalue weighted by atomic mass is 16.3. The van der Waals surface area contributed by atoms with Crippen LogP contribution in [-0.2, 0) is 0 Å². The van der Waals surface area contributed by atoms with Crippen molar-refractivity contribution in [2.45, 2.75) is 0 Å². The van der Waals surface area contributed by atoms with Crippen molar-refractivity contribution in [1.82, 2.24) is 0 Å². The number of fused-ring (bicyclic) bond motifs is 6. The second-order valence-electron chi connectivity index (χ2n) is 14.6. The van der Waals surface area contributed by atoms with E-state index in [4.69, 9.17) is 8.83 Å². The Hall–Kier alpha value is -7.82. The Balaban J connectivity index is 1.03.